The van der Waals surface area contributed by atoms with Crippen LogP contribution in [0.5, 0.6) is 0 Å². The maximum atomic E-state index is 12.8. The molecule has 0 saturated heterocycles. The van der Waals surface area contributed by atoms with Gasteiger partial charge in [-0.1, -0.05) is 52.0 Å². The highest BCUT2D eigenvalue weighted by molar-refractivity contribution is 5.95. The number of nitrogens with zero attached hydrogens (tertiary/aromatic N) is 1. The number of aryl methyl sites for hydroxylation is 3. The van der Waals surface area contributed by atoms with Gasteiger partial charge in [-0.25, -0.2) is 0 Å². The van der Waals surface area contributed by atoms with Crippen LogP contribution in [0, 0.1) is 13.8 Å². The van der Waals surface area contributed by atoms with E-state index in [9.17, 15) is 9.90 Å². The number of nitrogens with one attached hydrogen (secondary N) is 1. The molecule has 0 unspecified atom stereocenters. The molecule has 2 N–H and O–H groups in total. The molecular weight excluding hydrogens is 360 g/mol. The zero-order valence-corrected chi connectivity index (χ0v) is 18.6. The minimum absolute atomic E-state index is 0.00912. The summed E-state index contributed by atoms with van der Waals surface area (Å²) in [4.78, 5) is 15.9. The Bertz CT molecular complexity index is 1180. The van der Waals surface area contributed by atoms with E-state index in [0.29, 0.717) is 5.56 Å². The lowest BCUT2D eigenvalue weighted by Gasteiger charge is -2.11. The maximum Gasteiger partial charge on any atom is 0.258 e. The summed E-state index contributed by atoms with van der Waals surface area (Å²) < 4.78 is 2.07. The number of aromatic amines is 1. The van der Waals surface area contributed by atoms with E-state index < -0.39 is 0 Å². The fourth-order valence-electron chi connectivity index (χ4n) is 3.82. The first-order valence-electron chi connectivity index (χ1n) is 10.3. The normalized spacial score (nSPS) is 10.3. The minimum atomic E-state index is -0.0763. The molecule has 0 amide bonds. The lowest BCUT2D eigenvalue weighted by Crippen LogP contribution is -2.13. The molecular formula is C25H32N2O2. The molecule has 0 atom stereocenters. The van der Waals surface area contributed by atoms with E-state index in [4.69, 9.17) is 0 Å². The molecule has 29 heavy (non-hydrogen) atoms. The van der Waals surface area contributed by atoms with Gasteiger partial charge in [0.1, 0.15) is 0 Å². The molecule has 0 saturated carbocycles. The summed E-state index contributed by atoms with van der Waals surface area (Å²) in [5.74, 6) is 0. The van der Waals surface area contributed by atoms with E-state index in [0.717, 1.165) is 44.2 Å². The highest BCUT2D eigenvalue weighted by atomic mass is 16.3. The summed E-state index contributed by atoms with van der Waals surface area (Å²) in [6.45, 7) is 12.0. The molecule has 2 heterocycles. The molecule has 0 aliphatic carbocycles. The summed E-state index contributed by atoms with van der Waals surface area (Å²) >= 11 is 0. The number of para-hydroxylation sites is 1. The molecule has 2 aromatic heterocycles. The SMILES string of the molecule is CC.CC.Cc1c(-c2c(C)c3cc(CO)ccc3n2C)c(=O)[nH]c2ccccc12. The Morgan fingerprint density at radius 1 is 0.931 bits per heavy atom. The quantitative estimate of drug-likeness (QED) is 0.450. The number of aromatic nitrogens is 2. The van der Waals surface area contributed by atoms with Crippen molar-refractivity contribution in [1.29, 1.82) is 0 Å². The van der Waals surface area contributed by atoms with E-state index in [1.54, 1.807) is 0 Å². The van der Waals surface area contributed by atoms with Gasteiger partial charge in [-0.3, -0.25) is 4.79 Å². The van der Waals surface area contributed by atoms with Gasteiger partial charge in [0.15, 0.2) is 0 Å². The number of aliphatic hydroxyl groups excluding tert-OH is 1. The van der Waals surface area contributed by atoms with Crippen molar-refractivity contribution in [3.63, 3.8) is 0 Å². The van der Waals surface area contributed by atoms with Crippen molar-refractivity contribution in [3.8, 4) is 11.3 Å². The van der Waals surface area contributed by atoms with Crippen LogP contribution in [0.2, 0.25) is 0 Å². The first-order chi connectivity index (χ1) is 14.0. The third-order valence-electron chi connectivity index (χ3n) is 5.12. The summed E-state index contributed by atoms with van der Waals surface area (Å²) in [6, 6.07) is 13.8. The highest BCUT2D eigenvalue weighted by Crippen LogP contribution is 2.34. The third kappa shape index (κ3) is 3.85. The van der Waals surface area contributed by atoms with Crippen molar-refractivity contribution in [1.82, 2.24) is 9.55 Å². The largest absolute Gasteiger partial charge is 0.392 e. The standard InChI is InChI=1S/C21H20N2O2.2C2H6/c1-12-15-6-4-5-7-17(15)22-21(25)19(12)20-13(2)16-10-14(11-24)8-9-18(16)23(20)3;2*1-2/h4-10,24H,11H2,1-3H3,(H,22,25);2*1-2H3. The lowest BCUT2D eigenvalue weighted by molar-refractivity contribution is 0.282. The van der Waals surface area contributed by atoms with Crippen molar-refractivity contribution in [2.45, 2.75) is 48.1 Å². The summed E-state index contributed by atoms with van der Waals surface area (Å²) in [6.07, 6.45) is 0. The van der Waals surface area contributed by atoms with Crippen molar-refractivity contribution in [2.24, 2.45) is 7.05 Å². The summed E-state index contributed by atoms with van der Waals surface area (Å²) in [5.41, 5.74) is 6.37. The molecule has 4 rings (SSSR count). The van der Waals surface area contributed by atoms with Gasteiger partial charge in [-0.2, -0.15) is 0 Å². The van der Waals surface area contributed by atoms with E-state index in [-0.39, 0.29) is 12.2 Å². The van der Waals surface area contributed by atoms with Gasteiger partial charge < -0.3 is 14.7 Å². The Labute approximate surface area is 172 Å². The van der Waals surface area contributed by atoms with Gasteiger partial charge in [0.25, 0.3) is 5.56 Å². The zero-order chi connectivity index (χ0) is 21.7. The molecule has 0 bridgehead atoms. The molecule has 0 aliphatic rings. The second-order valence-electron chi connectivity index (χ2n) is 6.54. The average Bonchev–Trinajstić information content (AvgIpc) is 3.01. The Morgan fingerprint density at radius 3 is 2.24 bits per heavy atom. The second-order valence-corrected chi connectivity index (χ2v) is 6.54. The van der Waals surface area contributed by atoms with Crippen LogP contribution in [-0.4, -0.2) is 14.7 Å². The van der Waals surface area contributed by atoms with Crippen molar-refractivity contribution < 1.29 is 5.11 Å². The first kappa shape index (κ1) is 22.4. The lowest BCUT2D eigenvalue weighted by atomic mass is 9.99. The van der Waals surface area contributed by atoms with E-state index in [1.807, 2.05) is 91.1 Å². The number of pyridine rings is 1. The zero-order valence-electron chi connectivity index (χ0n) is 18.6. The maximum absolute atomic E-state index is 12.8. The van der Waals surface area contributed by atoms with Crippen molar-refractivity contribution in [3.05, 3.63) is 69.5 Å². The molecule has 2 aromatic carbocycles. The number of hydrogen-bond acceptors (Lipinski definition) is 2. The highest BCUT2D eigenvalue weighted by Gasteiger charge is 2.19. The first-order valence-corrected chi connectivity index (χ1v) is 10.3. The molecule has 4 aromatic rings. The predicted molar refractivity (Wildman–Crippen MR) is 125 cm³/mol. The fraction of sp³-hybridized carbons (Fsp3) is 0.320. The van der Waals surface area contributed by atoms with E-state index >= 15 is 0 Å². The van der Waals surface area contributed by atoms with Crippen LogP contribution < -0.4 is 5.56 Å². The van der Waals surface area contributed by atoms with Crippen molar-refractivity contribution >= 4 is 21.8 Å². The Balaban J connectivity index is 0.000000707. The van der Waals surface area contributed by atoms with Crippen LogP contribution in [0.15, 0.2) is 47.3 Å². The van der Waals surface area contributed by atoms with Crippen LogP contribution in [-0.2, 0) is 13.7 Å². The number of H-pyrrole nitrogens is 1. The number of benzene rings is 2. The molecule has 0 fully saturated rings. The number of hydrogen-bond donors (Lipinski definition) is 2. The van der Waals surface area contributed by atoms with Gasteiger partial charge >= 0.3 is 0 Å². The van der Waals surface area contributed by atoms with Crippen LogP contribution in [0.4, 0.5) is 0 Å². The average molecular weight is 393 g/mol. The monoisotopic (exact) mass is 392 g/mol. The van der Waals surface area contributed by atoms with Gasteiger partial charge in [-0.15, -0.1) is 0 Å². The second kappa shape index (κ2) is 9.57. The minimum Gasteiger partial charge on any atom is -0.392 e. The van der Waals surface area contributed by atoms with Crippen LogP contribution >= 0.6 is 0 Å². The number of fused-ring (bicyclic) bond motifs is 2. The van der Waals surface area contributed by atoms with Crippen LogP contribution in [0.25, 0.3) is 33.1 Å². The Kier molecular flexibility index (Phi) is 7.40. The fourth-order valence-corrected chi connectivity index (χ4v) is 3.82. The predicted octanol–water partition coefficient (Wildman–Crippen LogP) is 5.85. The molecule has 4 nitrogen and oxygen atoms in total. The van der Waals surface area contributed by atoms with Crippen LogP contribution in [0.3, 0.4) is 0 Å². The van der Waals surface area contributed by atoms with E-state index in [1.165, 1.54) is 0 Å². The van der Waals surface area contributed by atoms with Gasteiger partial charge in [0, 0.05) is 28.9 Å². The smallest absolute Gasteiger partial charge is 0.258 e. The van der Waals surface area contributed by atoms with Gasteiger partial charge in [0.05, 0.1) is 17.9 Å². The Hall–Kier alpha value is -2.85. The Morgan fingerprint density at radius 2 is 1.59 bits per heavy atom. The number of rotatable bonds is 2. The molecule has 0 aliphatic heterocycles. The van der Waals surface area contributed by atoms with Crippen LogP contribution in [0.1, 0.15) is 44.4 Å². The van der Waals surface area contributed by atoms with Gasteiger partial charge in [-0.05, 0) is 48.7 Å². The molecule has 0 spiro atoms. The molecule has 154 valence electrons. The molecule has 4 heteroatoms. The van der Waals surface area contributed by atoms with Crippen molar-refractivity contribution in [2.75, 3.05) is 0 Å². The summed E-state index contributed by atoms with van der Waals surface area (Å²) in [7, 11) is 1.98. The molecule has 0 radical (unpaired) electrons. The van der Waals surface area contributed by atoms with Gasteiger partial charge in [0.2, 0.25) is 0 Å². The third-order valence-corrected chi connectivity index (χ3v) is 5.12. The topological polar surface area (TPSA) is 58.0 Å². The summed E-state index contributed by atoms with van der Waals surface area (Å²) in [5, 5.41) is 11.5. The van der Waals surface area contributed by atoms with E-state index in [2.05, 4.69) is 9.55 Å². The number of aliphatic hydroxyl groups is 1.